The van der Waals surface area contributed by atoms with Crippen LogP contribution >= 0.6 is 12.4 Å². The highest BCUT2D eigenvalue weighted by molar-refractivity contribution is 7.89. The number of likely N-dealkylation sites (N-methyl/N-ethyl adjacent to an activating group) is 1. The summed E-state index contributed by atoms with van der Waals surface area (Å²) in [5, 5.41) is 13.8. The molecule has 1 rings (SSSR count). The third kappa shape index (κ3) is 4.92. The lowest BCUT2D eigenvalue weighted by Crippen LogP contribution is -2.37. The molecule has 0 aliphatic carbocycles. The Morgan fingerprint density at radius 3 is 2.33 bits per heavy atom. The minimum atomic E-state index is -3.76. The van der Waals surface area contributed by atoms with Gasteiger partial charge in [0.1, 0.15) is 0 Å². The van der Waals surface area contributed by atoms with E-state index < -0.39 is 14.9 Å². The van der Waals surface area contributed by atoms with Crippen LogP contribution < -0.4 is 10.0 Å². The molecular formula is C12H20ClN3O4S. The molecule has 0 heterocycles. The first-order valence-electron chi connectivity index (χ1n) is 6.11. The van der Waals surface area contributed by atoms with E-state index in [1.54, 1.807) is 20.9 Å². The van der Waals surface area contributed by atoms with E-state index in [1.807, 2.05) is 6.92 Å². The predicted octanol–water partition coefficient (Wildman–Crippen LogP) is 1.52. The summed E-state index contributed by atoms with van der Waals surface area (Å²) in [6.45, 7) is 5.23. The average molecular weight is 338 g/mol. The van der Waals surface area contributed by atoms with Crippen LogP contribution in [-0.4, -0.2) is 33.0 Å². The second-order valence-corrected chi connectivity index (χ2v) is 6.44. The van der Waals surface area contributed by atoms with Crippen LogP contribution in [0.3, 0.4) is 0 Å². The van der Waals surface area contributed by atoms with E-state index in [0.29, 0.717) is 11.1 Å². The topological polar surface area (TPSA) is 101 Å². The molecule has 9 heteroatoms. The van der Waals surface area contributed by atoms with E-state index in [1.165, 1.54) is 6.07 Å². The number of sulfonamides is 1. The maximum Gasteiger partial charge on any atom is 0.273 e. The number of aryl methyl sites for hydroxylation is 2. The number of nitrogens with zero attached hydrogens (tertiary/aromatic N) is 1. The number of benzene rings is 1. The van der Waals surface area contributed by atoms with Crippen molar-refractivity contribution < 1.29 is 13.3 Å². The fourth-order valence-electron chi connectivity index (χ4n) is 1.72. The summed E-state index contributed by atoms with van der Waals surface area (Å²) in [4.78, 5) is 10.3. The highest BCUT2D eigenvalue weighted by Gasteiger charge is 2.22. The van der Waals surface area contributed by atoms with Gasteiger partial charge in [-0.3, -0.25) is 10.1 Å². The normalized spacial score (nSPS) is 12.6. The maximum atomic E-state index is 12.2. The van der Waals surface area contributed by atoms with Crippen LogP contribution in [0.5, 0.6) is 0 Å². The number of rotatable bonds is 6. The lowest BCUT2D eigenvalue weighted by Gasteiger charge is -2.13. The molecule has 0 aliphatic rings. The van der Waals surface area contributed by atoms with Crippen LogP contribution in [0, 0.1) is 24.0 Å². The fraction of sp³-hybridized carbons (Fsp3) is 0.500. The minimum absolute atomic E-state index is 0. The number of nitro benzene ring substituents is 1. The first-order chi connectivity index (χ1) is 9.19. The van der Waals surface area contributed by atoms with Crippen LogP contribution in [0.4, 0.5) is 5.69 Å². The van der Waals surface area contributed by atoms with Crippen LogP contribution in [0.25, 0.3) is 0 Å². The number of nitrogens with one attached hydrogen (secondary N) is 2. The monoisotopic (exact) mass is 337 g/mol. The van der Waals surface area contributed by atoms with Gasteiger partial charge in [-0.05, 0) is 39.4 Å². The Morgan fingerprint density at radius 2 is 1.86 bits per heavy atom. The Labute approximate surface area is 130 Å². The van der Waals surface area contributed by atoms with Crippen molar-refractivity contribution in [2.24, 2.45) is 0 Å². The Hall–Kier alpha value is -1.22. The van der Waals surface area contributed by atoms with Crippen LogP contribution in [0.1, 0.15) is 18.1 Å². The van der Waals surface area contributed by atoms with Gasteiger partial charge in [0.25, 0.3) is 5.69 Å². The molecule has 0 aromatic heterocycles. The summed E-state index contributed by atoms with van der Waals surface area (Å²) in [7, 11) is -2.04. The Bertz CT molecular complexity index is 619. The highest BCUT2D eigenvalue weighted by atomic mass is 35.5. The number of halogens is 1. The Morgan fingerprint density at radius 1 is 1.29 bits per heavy atom. The van der Waals surface area contributed by atoms with Gasteiger partial charge in [-0.2, -0.15) is 0 Å². The number of hydrogen-bond acceptors (Lipinski definition) is 5. The first kappa shape index (κ1) is 19.8. The molecule has 1 aromatic carbocycles. The van der Waals surface area contributed by atoms with Gasteiger partial charge in [-0.15, -0.1) is 12.4 Å². The van der Waals surface area contributed by atoms with Gasteiger partial charge in [-0.25, -0.2) is 13.1 Å². The van der Waals surface area contributed by atoms with E-state index >= 15 is 0 Å². The quantitative estimate of drug-likeness (QED) is 0.605. The second kappa shape index (κ2) is 7.69. The largest absolute Gasteiger partial charge is 0.316 e. The lowest BCUT2D eigenvalue weighted by molar-refractivity contribution is -0.385. The summed E-state index contributed by atoms with van der Waals surface area (Å²) in [5.74, 6) is 0. The van der Waals surface area contributed by atoms with Crippen molar-refractivity contribution in [2.45, 2.75) is 31.7 Å². The zero-order valence-electron chi connectivity index (χ0n) is 12.3. The van der Waals surface area contributed by atoms with E-state index in [9.17, 15) is 18.5 Å². The van der Waals surface area contributed by atoms with Crippen molar-refractivity contribution in [3.63, 3.8) is 0 Å². The van der Waals surface area contributed by atoms with Gasteiger partial charge < -0.3 is 5.32 Å². The van der Waals surface area contributed by atoms with Crippen LogP contribution in [0.2, 0.25) is 0 Å². The molecule has 0 bridgehead atoms. The van der Waals surface area contributed by atoms with Gasteiger partial charge in [0.2, 0.25) is 10.0 Å². The standard InChI is InChI=1S/C12H19N3O4S.ClH/c1-8-5-9(2)12(6-11(8)15(16)17)20(18,19)14-7-10(3)13-4;/h5-6,10,13-14H,7H2,1-4H3;1H. The van der Waals surface area contributed by atoms with Gasteiger partial charge in [0.05, 0.1) is 9.82 Å². The number of hydrogen-bond donors (Lipinski definition) is 2. The van der Waals surface area contributed by atoms with Gasteiger partial charge >= 0.3 is 0 Å². The molecule has 0 aliphatic heterocycles. The molecule has 2 N–H and O–H groups in total. The van der Waals surface area contributed by atoms with Crippen molar-refractivity contribution in [2.75, 3.05) is 13.6 Å². The Balaban J connectivity index is 0.00000400. The molecule has 0 saturated carbocycles. The van der Waals surface area contributed by atoms with Crippen molar-refractivity contribution in [3.05, 3.63) is 33.4 Å². The van der Waals surface area contributed by atoms with Crippen LogP contribution in [0.15, 0.2) is 17.0 Å². The number of nitro groups is 1. The van der Waals surface area contributed by atoms with Gasteiger partial charge in [-0.1, -0.05) is 0 Å². The third-order valence-corrected chi connectivity index (χ3v) is 4.62. The molecule has 0 saturated heterocycles. The average Bonchev–Trinajstić information content (AvgIpc) is 2.35. The van der Waals surface area contributed by atoms with Crippen molar-refractivity contribution in [1.29, 1.82) is 0 Å². The third-order valence-electron chi connectivity index (χ3n) is 3.05. The van der Waals surface area contributed by atoms with Gasteiger partial charge in [0.15, 0.2) is 0 Å². The van der Waals surface area contributed by atoms with E-state index in [-0.39, 0.29) is 35.6 Å². The molecule has 1 atom stereocenters. The van der Waals surface area contributed by atoms with Crippen LogP contribution in [-0.2, 0) is 10.0 Å². The Kier molecular flexibility index (Phi) is 7.25. The summed E-state index contributed by atoms with van der Waals surface area (Å²) >= 11 is 0. The smallest absolute Gasteiger partial charge is 0.273 e. The van der Waals surface area contributed by atoms with Gasteiger partial charge in [0, 0.05) is 24.2 Å². The van der Waals surface area contributed by atoms with E-state index in [0.717, 1.165) is 6.07 Å². The summed E-state index contributed by atoms with van der Waals surface area (Å²) in [6.07, 6.45) is 0. The fourth-order valence-corrected chi connectivity index (χ4v) is 3.10. The molecule has 21 heavy (non-hydrogen) atoms. The molecule has 0 radical (unpaired) electrons. The molecule has 1 aromatic rings. The maximum absolute atomic E-state index is 12.2. The lowest BCUT2D eigenvalue weighted by atomic mass is 10.1. The zero-order chi connectivity index (χ0) is 15.5. The molecule has 1 unspecified atom stereocenters. The van der Waals surface area contributed by atoms with E-state index in [4.69, 9.17) is 0 Å². The van der Waals surface area contributed by atoms with Crippen molar-refractivity contribution in [1.82, 2.24) is 10.0 Å². The molecule has 0 spiro atoms. The SMILES string of the molecule is CNC(C)CNS(=O)(=O)c1cc([N+](=O)[O-])c(C)cc1C.Cl. The van der Waals surface area contributed by atoms with Crippen molar-refractivity contribution in [3.8, 4) is 0 Å². The zero-order valence-corrected chi connectivity index (χ0v) is 14.0. The first-order valence-corrected chi connectivity index (χ1v) is 7.60. The molecular weight excluding hydrogens is 318 g/mol. The minimum Gasteiger partial charge on any atom is -0.316 e. The molecule has 0 amide bonds. The highest BCUT2D eigenvalue weighted by Crippen LogP contribution is 2.25. The summed E-state index contributed by atoms with van der Waals surface area (Å²) in [5.41, 5.74) is 0.727. The second-order valence-electron chi connectivity index (χ2n) is 4.70. The molecule has 120 valence electrons. The van der Waals surface area contributed by atoms with Crippen molar-refractivity contribution >= 4 is 28.1 Å². The summed E-state index contributed by atoms with van der Waals surface area (Å²) < 4.78 is 26.8. The predicted molar refractivity (Wildman–Crippen MR) is 83.5 cm³/mol. The van der Waals surface area contributed by atoms with E-state index in [2.05, 4.69) is 10.0 Å². The molecule has 0 fully saturated rings. The molecule has 7 nitrogen and oxygen atoms in total. The summed E-state index contributed by atoms with van der Waals surface area (Å²) in [6, 6.07) is 2.58.